The zero-order chi connectivity index (χ0) is 51.5. The number of nitrogens with zero attached hydrogens (tertiary/aromatic N) is 2. The van der Waals surface area contributed by atoms with Crippen molar-refractivity contribution in [1.82, 2.24) is 0 Å². The lowest BCUT2D eigenvalue weighted by Crippen LogP contribution is -2.09. The first-order chi connectivity index (χ1) is 38.6. The molecule has 15 rings (SSSR count). The van der Waals surface area contributed by atoms with Crippen molar-refractivity contribution in [3.63, 3.8) is 0 Å². The quantitative estimate of drug-likeness (QED) is 0.137. The third-order valence-corrected chi connectivity index (χ3v) is 15.4. The van der Waals surface area contributed by atoms with Gasteiger partial charge in [-0.3, -0.25) is 0 Å². The van der Waals surface area contributed by atoms with E-state index < -0.39 is 0 Å². The average molecular weight is 997 g/mol. The monoisotopic (exact) mass is 996 g/mol. The molecule has 15 aromatic rings. The predicted molar refractivity (Wildman–Crippen MR) is 327 cm³/mol. The Labute approximate surface area is 451 Å². The van der Waals surface area contributed by atoms with E-state index in [1.165, 1.54) is 44.5 Å². The number of furan rings is 2. The molecular weight excluding hydrogens is 949 g/mol. The first-order valence-electron chi connectivity index (χ1n) is 26.5. The molecule has 0 aliphatic heterocycles. The van der Waals surface area contributed by atoms with Gasteiger partial charge in [0, 0.05) is 55.7 Å². The lowest BCUT2D eigenvalue weighted by atomic mass is 10.0. The Morgan fingerprint density at radius 1 is 0.179 bits per heavy atom. The van der Waals surface area contributed by atoms with E-state index in [2.05, 4.69) is 301 Å². The van der Waals surface area contributed by atoms with E-state index in [1.807, 2.05) is 0 Å². The van der Waals surface area contributed by atoms with E-state index in [0.29, 0.717) is 0 Å². The van der Waals surface area contributed by atoms with Gasteiger partial charge in [0.15, 0.2) is 0 Å². The van der Waals surface area contributed by atoms with E-state index in [4.69, 9.17) is 8.83 Å². The Balaban J connectivity index is 0.785. The number of hydrogen-bond acceptors (Lipinski definition) is 4. The lowest BCUT2D eigenvalue weighted by molar-refractivity contribution is 0.664. The minimum absolute atomic E-state index is 0.831. The molecule has 0 radical (unpaired) electrons. The third kappa shape index (κ3) is 8.12. The van der Waals surface area contributed by atoms with Crippen molar-refractivity contribution in [2.75, 3.05) is 9.80 Å². The second kappa shape index (κ2) is 18.7. The second-order valence-corrected chi connectivity index (χ2v) is 20.1. The molecule has 0 amide bonds. The molecule has 0 aliphatic carbocycles. The number of benzene rings is 13. The molecule has 0 saturated heterocycles. The van der Waals surface area contributed by atoms with Gasteiger partial charge >= 0.3 is 0 Å². The summed E-state index contributed by atoms with van der Waals surface area (Å²) in [4.78, 5) is 4.67. The molecule has 0 aliphatic rings. The Kier molecular flexibility index (Phi) is 10.8. The summed E-state index contributed by atoms with van der Waals surface area (Å²) in [6.07, 6.45) is 0. The van der Waals surface area contributed by atoms with E-state index in [0.717, 1.165) is 99.5 Å². The molecule has 366 valence electrons. The molecule has 2 heterocycles. The second-order valence-electron chi connectivity index (χ2n) is 20.1. The highest BCUT2D eigenvalue weighted by atomic mass is 16.3. The minimum Gasteiger partial charge on any atom is -0.456 e. The average Bonchev–Trinajstić information content (AvgIpc) is 4.25. The predicted octanol–water partition coefficient (Wildman–Crippen LogP) is 21.4. The fourth-order valence-electron chi connectivity index (χ4n) is 11.4. The van der Waals surface area contributed by atoms with Gasteiger partial charge in [-0.05, 0) is 175 Å². The van der Waals surface area contributed by atoms with Crippen molar-refractivity contribution in [1.29, 1.82) is 0 Å². The highest BCUT2D eigenvalue weighted by Gasteiger charge is 2.20. The first kappa shape index (κ1) is 45.0. The number of fused-ring (bicyclic) bond motifs is 8. The van der Waals surface area contributed by atoms with Gasteiger partial charge in [-0.2, -0.15) is 0 Å². The van der Waals surface area contributed by atoms with Gasteiger partial charge in [-0.15, -0.1) is 0 Å². The molecule has 4 nitrogen and oxygen atoms in total. The van der Waals surface area contributed by atoms with Crippen molar-refractivity contribution >= 4 is 99.5 Å². The van der Waals surface area contributed by atoms with Crippen LogP contribution in [-0.2, 0) is 0 Å². The SMILES string of the molecule is c1ccc(-c2ccc(N(c3ccc(-c4ccccc4)cc3)c3ccc4cc5c(cc4c3)oc3cc4c(cc35)oc3cc5cc(N(c6ccc(-c7ccccc7)cc6)c6ccc(-c7ccccc7)cc6)ccc5cc34)cc2)cc1. The molecule has 0 unspecified atom stereocenters. The number of hydrogen-bond donors (Lipinski definition) is 0. The third-order valence-electron chi connectivity index (χ3n) is 15.4. The Bertz CT molecular complexity index is 4200. The van der Waals surface area contributed by atoms with Gasteiger partial charge in [0.25, 0.3) is 0 Å². The molecule has 0 N–H and O–H groups in total. The highest BCUT2D eigenvalue weighted by molar-refractivity contribution is 6.18. The summed E-state index contributed by atoms with van der Waals surface area (Å²) in [5, 5.41) is 8.62. The number of rotatable bonds is 10. The van der Waals surface area contributed by atoms with Crippen LogP contribution in [0.4, 0.5) is 34.1 Å². The maximum absolute atomic E-state index is 6.78. The zero-order valence-electron chi connectivity index (χ0n) is 42.4. The Morgan fingerprint density at radius 2 is 0.423 bits per heavy atom. The van der Waals surface area contributed by atoms with E-state index in [-0.39, 0.29) is 0 Å². The molecule has 0 bridgehead atoms. The molecule has 0 spiro atoms. The van der Waals surface area contributed by atoms with Crippen LogP contribution in [0.2, 0.25) is 0 Å². The summed E-state index contributed by atoms with van der Waals surface area (Å²) in [7, 11) is 0. The molecule has 2 aromatic heterocycles. The molecule has 0 atom stereocenters. The van der Waals surface area contributed by atoms with Crippen molar-refractivity contribution in [3.05, 3.63) is 291 Å². The van der Waals surface area contributed by atoms with Gasteiger partial charge in [0.2, 0.25) is 0 Å². The molecular formula is C74H48N2O2. The van der Waals surface area contributed by atoms with E-state index >= 15 is 0 Å². The standard InChI is InChI=1S/C74H48N2O2/c1-5-13-49(14-6-1)53-21-31-61(32-22-53)75(62-33-23-54(24-34-62)50-15-7-2-8-16-50)65-39-29-57-43-67-69-47-74-70(48-73(69)77-71(67)45-59(57)41-65)68-44-58-30-40-66(42-60(58)46-72(68)78-74)76(63-35-25-55(26-36-63)51-17-9-3-10-18-51)64-37-27-56(28-38-64)52-19-11-4-12-20-52/h1-48H. The minimum atomic E-state index is 0.831. The van der Waals surface area contributed by atoms with Crippen LogP contribution in [0.1, 0.15) is 0 Å². The van der Waals surface area contributed by atoms with Gasteiger partial charge in [-0.1, -0.05) is 182 Å². The van der Waals surface area contributed by atoms with Crippen molar-refractivity contribution in [2.24, 2.45) is 0 Å². The largest absolute Gasteiger partial charge is 0.456 e. The fraction of sp³-hybridized carbons (Fsp3) is 0. The zero-order valence-corrected chi connectivity index (χ0v) is 42.4. The molecule has 13 aromatic carbocycles. The Hall–Kier alpha value is -10.4. The summed E-state index contributed by atoms with van der Waals surface area (Å²) < 4.78 is 13.6. The smallest absolute Gasteiger partial charge is 0.136 e. The maximum atomic E-state index is 6.78. The van der Waals surface area contributed by atoms with Gasteiger partial charge in [0.1, 0.15) is 22.3 Å². The summed E-state index contributed by atoms with van der Waals surface area (Å²) in [5.41, 5.74) is 19.2. The van der Waals surface area contributed by atoms with Crippen LogP contribution < -0.4 is 9.80 Å². The summed E-state index contributed by atoms with van der Waals surface area (Å²) in [5.74, 6) is 0. The summed E-state index contributed by atoms with van der Waals surface area (Å²) in [6, 6.07) is 104. The normalized spacial score (nSPS) is 11.6. The van der Waals surface area contributed by atoms with Gasteiger partial charge < -0.3 is 18.6 Å². The van der Waals surface area contributed by atoms with Crippen LogP contribution in [-0.4, -0.2) is 0 Å². The number of anilines is 6. The van der Waals surface area contributed by atoms with Crippen LogP contribution >= 0.6 is 0 Å². The summed E-state index contributed by atoms with van der Waals surface area (Å²) in [6.45, 7) is 0. The Morgan fingerprint density at radius 3 is 0.718 bits per heavy atom. The van der Waals surface area contributed by atoms with E-state index in [9.17, 15) is 0 Å². The molecule has 0 saturated carbocycles. The molecule has 4 heteroatoms. The molecule has 0 fully saturated rings. The van der Waals surface area contributed by atoms with Crippen LogP contribution in [0.25, 0.3) is 110 Å². The lowest BCUT2D eigenvalue weighted by Gasteiger charge is -2.26. The fourth-order valence-corrected chi connectivity index (χ4v) is 11.4. The van der Waals surface area contributed by atoms with Crippen LogP contribution in [0, 0.1) is 0 Å². The highest BCUT2D eigenvalue weighted by Crippen LogP contribution is 2.44. The van der Waals surface area contributed by atoms with Gasteiger partial charge in [-0.25, -0.2) is 0 Å². The molecule has 78 heavy (non-hydrogen) atoms. The van der Waals surface area contributed by atoms with Crippen LogP contribution in [0.5, 0.6) is 0 Å². The van der Waals surface area contributed by atoms with Crippen LogP contribution in [0.15, 0.2) is 300 Å². The summed E-state index contributed by atoms with van der Waals surface area (Å²) >= 11 is 0. The van der Waals surface area contributed by atoms with Crippen molar-refractivity contribution in [3.8, 4) is 44.5 Å². The van der Waals surface area contributed by atoms with E-state index in [1.54, 1.807) is 0 Å². The van der Waals surface area contributed by atoms with Crippen LogP contribution in [0.3, 0.4) is 0 Å². The van der Waals surface area contributed by atoms with Crippen molar-refractivity contribution < 1.29 is 8.83 Å². The first-order valence-corrected chi connectivity index (χ1v) is 26.5. The van der Waals surface area contributed by atoms with Crippen molar-refractivity contribution in [2.45, 2.75) is 0 Å². The maximum Gasteiger partial charge on any atom is 0.136 e. The van der Waals surface area contributed by atoms with Gasteiger partial charge in [0.05, 0.1) is 0 Å². The topological polar surface area (TPSA) is 32.8 Å².